The van der Waals surface area contributed by atoms with Crippen molar-refractivity contribution >= 4 is 28.2 Å². The van der Waals surface area contributed by atoms with E-state index < -0.39 is 0 Å². The molecule has 3 aromatic carbocycles. The summed E-state index contributed by atoms with van der Waals surface area (Å²) in [5.74, 6) is 0.695. The predicted molar refractivity (Wildman–Crippen MR) is 106 cm³/mol. The van der Waals surface area contributed by atoms with Crippen molar-refractivity contribution in [3.63, 3.8) is 0 Å². The number of methoxy groups -OCH3 is 2. The van der Waals surface area contributed by atoms with Crippen LogP contribution in [-0.2, 0) is 4.79 Å². The first-order valence-corrected chi connectivity index (χ1v) is 8.65. The number of ketones is 1. The van der Waals surface area contributed by atoms with Gasteiger partial charge in [-0.25, -0.2) is 0 Å². The Morgan fingerprint density at radius 2 is 1.67 bits per heavy atom. The smallest absolute Gasteiger partial charge is 0.224 e. The van der Waals surface area contributed by atoms with Gasteiger partial charge in [0, 0.05) is 30.0 Å². The minimum Gasteiger partial charge on any atom is -0.497 e. The zero-order chi connectivity index (χ0) is 19.2. The lowest BCUT2D eigenvalue weighted by atomic mass is 10.0. The number of carbonyl (C=O) groups excluding carboxylic acids is 2. The largest absolute Gasteiger partial charge is 0.497 e. The van der Waals surface area contributed by atoms with Crippen molar-refractivity contribution in [3.8, 4) is 11.5 Å². The van der Waals surface area contributed by atoms with Gasteiger partial charge in [0.15, 0.2) is 5.78 Å². The molecule has 0 saturated heterocycles. The number of amides is 1. The van der Waals surface area contributed by atoms with Crippen LogP contribution in [0.5, 0.6) is 11.5 Å². The highest BCUT2D eigenvalue weighted by molar-refractivity contribution is 6.05. The molecule has 5 nitrogen and oxygen atoms in total. The molecule has 0 aliphatic heterocycles. The standard InChI is InChI=1S/C22H21NO4/c1-26-16-10-11-18(21(14-16)27-2)20(24)12-13-22(25)23-19-9-5-7-15-6-3-4-8-17(15)19/h3-11,14H,12-13H2,1-2H3,(H,23,25). The van der Waals surface area contributed by atoms with Crippen LogP contribution in [0, 0.1) is 0 Å². The quantitative estimate of drug-likeness (QED) is 0.630. The molecule has 0 bridgehead atoms. The number of carbonyl (C=O) groups is 2. The Labute approximate surface area is 157 Å². The fourth-order valence-corrected chi connectivity index (χ4v) is 2.94. The van der Waals surface area contributed by atoms with E-state index in [1.807, 2.05) is 42.5 Å². The predicted octanol–water partition coefficient (Wildman–Crippen LogP) is 4.46. The van der Waals surface area contributed by atoms with Crippen LogP contribution in [-0.4, -0.2) is 25.9 Å². The zero-order valence-corrected chi connectivity index (χ0v) is 15.3. The van der Waals surface area contributed by atoms with Gasteiger partial charge in [-0.05, 0) is 23.6 Å². The second-order valence-electron chi connectivity index (χ2n) is 6.06. The molecular formula is C22H21NO4. The number of rotatable bonds is 7. The van der Waals surface area contributed by atoms with Crippen LogP contribution in [0.15, 0.2) is 60.7 Å². The third kappa shape index (κ3) is 4.26. The van der Waals surface area contributed by atoms with Crippen molar-refractivity contribution in [1.82, 2.24) is 0 Å². The molecule has 3 aromatic rings. The third-order valence-corrected chi connectivity index (χ3v) is 4.35. The van der Waals surface area contributed by atoms with E-state index in [1.165, 1.54) is 7.11 Å². The first-order valence-electron chi connectivity index (χ1n) is 8.65. The van der Waals surface area contributed by atoms with Crippen LogP contribution in [0.2, 0.25) is 0 Å². The molecule has 0 aromatic heterocycles. The van der Waals surface area contributed by atoms with Crippen LogP contribution in [0.1, 0.15) is 23.2 Å². The van der Waals surface area contributed by atoms with Crippen LogP contribution in [0.25, 0.3) is 10.8 Å². The van der Waals surface area contributed by atoms with E-state index >= 15 is 0 Å². The lowest BCUT2D eigenvalue weighted by Gasteiger charge is -2.10. The van der Waals surface area contributed by atoms with E-state index in [1.54, 1.807) is 25.3 Å². The molecule has 1 N–H and O–H groups in total. The molecule has 0 spiro atoms. The normalized spacial score (nSPS) is 10.4. The number of hydrogen-bond acceptors (Lipinski definition) is 4. The van der Waals surface area contributed by atoms with Crippen LogP contribution < -0.4 is 14.8 Å². The van der Waals surface area contributed by atoms with Crippen LogP contribution in [0.3, 0.4) is 0 Å². The topological polar surface area (TPSA) is 64.6 Å². The maximum atomic E-state index is 12.5. The molecule has 0 aliphatic carbocycles. The first kappa shape index (κ1) is 18.5. The Hall–Kier alpha value is -3.34. The van der Waals surface area contributed by atoms with Gasteiger partial charge in [-0.3, -0.25) is 9.59 Å². The van der Waals surface area contributed by atoms with Gasteiger partial charge in [-0.1, -0.05) is 36.4 Å². The summed E-state index contributed by atoms with van der Waals surface area (Å²) in [5, 5.41) is 4.92. The van der Waals surface area contributed by atoms with Crippen molar-refractivity contribution in [2.24, 2.45) is 0 Å². The van der Waals surface area contributed by atoms with Gasteiger partial charge >= 0.3 is 0 Å². The summed E-state index contributed by atoms with van der Waals surface area (Å²) in [6.07, 6.45) is 0.191. The number of benzene rings is 3. The Morgan fingerprint density at radius 1 is 0.889 bits per heavy atom. The van der Waals surface area contributed by atoms with Gasteiger partial charge in [0.1, 0.15) is 11.5 Å². The maximum Gasteiger partial charge on any atom is 0.224 e. The minimum absolute atomic E-state index is 0.0945. The third-order valence-electron chi connectivity index (χ3n) is 4.35. The lowest BCUT2D eigenvalue weighted by molar-refractivity contribution is -0.116. The molecule has 27 heavy (non-hydrogen) atoms. The van der Waals surface area contributed by atoms with Gasteiger partial charge in [0.25, 0.3) is 0 Å². The average molecular weight is 363 g/mol. The molecule has 0 heterocycles. The van der Waals surface area contributed by atoms with Crippen molar-refractivity contribution < 1.29 is 19.1 Å². The fraction of sp³-hybridized carbons (Fsp3) is 0.182. The van der Waals surface area contributed by atoms with E-state index in [-0.39, 0.29) is 24.5 Å². The summed E-state index contributed by atoms with van der Waals surface area (Å²) in [5.41, 5.74) is 1.18. The van der Waals surface area contributed by atoms with Gasteiger partial charge in [-0.15, -0.1) is 0 Å². The summed E-state index contributed by atoms with van der Waals surface area (Å²) >= 11 is 0. The van der Waals surface area contributed by atoms with Gasteiger partial charge in [0.2, 0.25) is 5.91 Å². The zero-order valence-electron chi connectivity index (χ0n) is 15.3. The molecule has 0 atom stereocenters. The number of hydrogen-bond donors (Lipinski definition) is 1. The maximum absolute atomic E-state index is 12.5. The number of ether oxygens (including phenoxy) is 2. The molecule has 1 amide bonds. The van der Waals surface area contributed by atoms with E-state index in [2.05, 4.69) is 5.32 Å². The molecule has 0 radical (unpaired) electrons. The summed E-state index contributed by atoms with van der Waals surface area (Å²) in [6.45, 7) is 0. The van der Waals surface area contributed by atoms with Crippen molar-refractivity contribution in [3.05, 3.63) is 66.2 Å². The van der Waals surface area contributed by atoms with Gasteiger partial charge in [0.05, 0.1) is 19.8 Å². The molecule has 0 unspecified atom stereocenters. The van der Waals surface area contributed by atoms with Crippen LogP contribution in [0.4, 0.5) is 5.69 Å². The highest BCUT2D eigenvalue weighted by Gasteiger charge is 2.15. The molecule has 0 aliphatic rings. The second-order valence-corrected chi connectivity index (χ2v) is 6.06. The SMILES string of the molecule is COc1ccc(C(=O)CCC(=O)Nc2cccc3ccccc23)c(OC)c1. The number of Topliss-reactive ketones (excluding diaryl/α,β-unsaturated/α-hetero) is 1. The molecule has 0 saturated carbocycles. The lowest BCUT2D eigenvalue weighted by Crippen LogP contribution is -2.14. The molecule has 138 valence electrons. The average Bonchev–Trinajstić information content (AvgIpc) is 2.71. The molecule has 0 fully saturated rings. The number of nitrogens with one attached hydrogen (secondary N) is 1. The van der Waals surface area contributed by atoms with Gasteiger partial charge in [-0.2, -0.15) is 0 Å². The Morgan fingerprint density at radius 3 is 2.44 bits per heavy atom. The van der Waals surface area contributed by atoms with E-state index in [4.69, 9.17) is 9.47 Å². The summed E-state index contributed by atoms with van der Waals surface area (Å²) < 4.78 is 10.4. The van der Waals surface area contributed by atoms with Crippen LogP contribution >= 0.6 is 0 Å². The summed E-state index contributed by atoms with van der Waals surface area (Å²) in [6, 6.07) is 18.6. The number of fused-ring (bicyclic) bond motifs is 1. The molecular weight excluding hydrogens is 342 g/mol. The van der Waals surface area contributed by atoms with Gasteiger partial charge < -0.3 is 14.8 Å². The Balaban J connectivity index is 1.66. The van der Waals surface area contributed by atoms with E-state index in [0.29, 0.717) is 17.1 Å². The first-order chi connectivity index (χ1) is 13.1. The molecule has 3 rings (SSSR count). The monoisotopic (exact) mass is 363 g/mol. The van der Waals surface area contributed by atoms with Crippen molar-refractivity contribution in [2.75, 3.05) is 19.5 Å². The van der Waals surface area contributed by atoms with Crippen molar-refractivity contribution in [2.45, 2.75) is 12.8 Å². The Bertz CT molecular complexity index is 976. The van der Waals surface area contributed by atoms with E-state index in [9.17, 15) is 9.59 Å². The minimum atomic E-state index is -0.202. The highest BCUT2D eigenvalue weighted by Crippen LogP contribution is 2.26. The summed E-state index contributed by atoms with van der Waals surface area (Å²) in [7, 11) is 3.05. The van der Waals surface area contributed by atoms with Crippen molar-refractivity contribution in [1.29, 1.82) is 0 Å². The number of anilines is 1. The molecule has 5 heteroatoms. The fourth-order valence-electron chi connectivity index (χ4n) is 2.94. The highest BCUT2D eigenvalue weighted by atomic mass is 16.5. The second kappa shape index (κ2) is 8.36. The van der Waals surface area contributed by atoms with E-state index in [0.717, 1.165) is 16.5 Å². The summed E-state index contributed by atoms with van der Waals surface area (Å²) in [4.78, 5) is 24.8. The Kier molecular flexibility index (Phi) is 5.71.